The second-order valence-corrected chi connectivity index (χ2v) is 5.46. The average molecular weight is 297 g/mol. The van der Waals surface area contributed by atoms with Crippen LogP contribution in [0.3, 0.4) is 0 Å². The first-order valence-electron chi connectivity index (χ1n) is 7.40. The lowest BCUT2D eigenvalue weighted by Gasteiger charge is -2.19. The summed E-state index contributed by atoms with van der Waals surface area (Å²) in [5.74, 6) is 1.35. The highest BCUT2D eigenvalue weighted by molar-refractivity contribution is 5.81. The predicted molar refractivity (Wildman–Crippen MR) is 85.2 cm³/mol. The van der Waals surface area contributed by atoms with E-state index < -0.39 is 0 Å². The number of ether oxygens (including phenoxy) is 1. The van der Waals surface area contributed by atoms with Crippen molar-refractivity contribution in [1.29, 1.82) is 0 Å². The van der Waals surface area contributed by atoms with Gasteiger partial charge >= 0.3 is 0 Å². The fourth-order valence-corrected chi connectivity index (χ4v) is 2.10. The van der Waals surface area contributed by atoms with Crippen LogP contribution in [0.5, 0.6) is 11.6 Å². The van der Waals surface area contributed by atoms with Crippen molar-refractivity contribution in [3.05, 3.63) is 48.7 Å². The van der Waals surface area contributed by atoms with E-state index in [0.717, 1.165) is 24.3 Å². The molecule has 5 heteroatoms. The Hall–Kier alpha value is -2.56. The molecule has 1 N–H and O–H groups in total. The van der Waals surface area contributed by atoms with Gasteiger partial charge in [0.1, 0.15) is 5.75 Å². The topological polar surface area (TPSA) is 54.5 Å². The number of aromatic nitrogens is 1. The summed E-state index contributed by atoms with van der Waals surface area (Å²) in [6, 6.07) is 13.5. The second-order valence-electron chi connectivity index (χ2n) is 5.46. The molecule has 1 heterocycles. The summed E-state index contributed by atoms with van der Waals surface area (Å²) in [6.07, 6.45) is 3.90. The van der Waals surface area contributed by atoms with Crippen LogP contribution in [0.15, 0.2) is 48.7 Å². The lowest BCUT2D eigenvalue weighted by atomic mass is 10.3. The minimum Gasteiger partial charge on any atom is -0.439 e. The summed E-state index contributed by atoms with van der Waals surface area (Å²) in [6.45, 7) is 0.358. The Morgan fingerprint density at radius 3 is 2.68 bits per heavy atom. The first kappa shape index (κ1) is 14.4. The average Bonchev–Trinajstić information content (AvgIpc) is 3.32. The van der Waals surface area contributed by atoms with Crippen molar-refractivity contribution in [2.24, 2.45) is 0 Å². The number of likely N-dealkylation sites (N-methyl/N-ethyl adjacent to an activating group) is 1. The maximum absolute atomic E-state index is 11.8. The number of amides is 1. The molecule has 0 unspecified atom stereocenters. The molecule has 1 aliphatic rings. The maximum Gasteiger partial charge on any atom is 0.239 e. The van der Waals surface area contributed by atoms with E-state index in [1.807, 2.05) is 54.4 Å². The van der Waals surface area contributed by atoms with Crippen molar-refractivity contribution in [3.8, 4) is 11.6 Å². The Morgan fingerprint density at radius 1 is 1.27 bits per heavy atom. The lowest BCUT2D eigenvalue weighted by molar-refractivity contribution is -0.119. The van der Waals surface area contributed by atoms with Gasteiger partial charge in [-0.15, -0.1) is 0 Å². The van der Waals surface area contributed by atoms with Gasteiger partial charge in [0, 0.05) is 31.0 Å². The van der Waals surface area contributed by atoms with Gasteiger partial charge in [-0.25, -0.2) is 4.98 Å². The van der Waals surface area contributed by atoms with Crippen molar-refractivity contribution < 1.29 is 9.53 Å². The molecule has 5 nitrogen and oxygen atoms in total. The number of rotatable bonds is 6. The van der Waals surface area contributed by atoms with E-state index in [2.05, 4.69) is 10.3 Å². The Bertz CT molecular complexity index is 624. The fourth-order valence-electron chi connectivity index (χ4n) is 2.10. The van der Waals surface area contributed by atoms with Crippen molar-refractivity contribution in [3.63, 3.8) is 0 Å². The van der Waals surface area contributed by atoms with Gasteiger partial charge in [0.2, 0.25) is 11.8 Å². The second kappa shape index (κ2) is 6.47. The Morgan fingerprint density at radius 2 is 2.05 bits per heavy atom. The maximum atomic E-state index is 11.8. The summed E-state index contributed by atoms with van der Waals surface area (Å²) in [5, 5.41) is 2.99. The van der Waals surface area contributed by atoms with Crippen LogP contribution in [0, 0.1) is 0 Å². The van der Waals surface area contributed by atoms with Crippen molar-refractivity contribution in [2.45, 2.75) is 18.9 Å². The first-order valence-corrected chi connectivity index (χ1v) is 7.40. The molecule has 3 rings (SSSR count). The van der Waals surface area contributed by atoms with Gasteiger partial charge in [-0.05, 0) is 43.2 Å². The molecule has 1 fully saturated rings. The number of hydrogen-bond donors (Lipinski definition) is 1. The largest absolute Gasteiger partial charge is 0.439 e. The van der Waals surface area contributed by atoms with Gasteiger partial charge in [0.15, 0.2) is 0 Å². The summed E-state index contributed by atoms with van der Waals surface area (Å²) < 4.78 is 5.65. The Kier molecular flexibility index (Phi) is 4.23. The molecule has 0 spiro atoms. The van der Waals surface area contributed by atoms with Gasteiger partial charge in [-0.1, -0.05) is 6.07 Å². The van der Waals surface area contributed by atoms with E-state index in [1.165, 1.54) is 0 Å². The number of anilines is 1. The SMILES string of the molecule is CN(CC(=O)NC1CC1)c1ccc(Oc2ccccn2)cc1. The van der Waals surface area contributed by atoms with Crippen LogP contribution in [0.25, 0.3) is 0 Å². The van der Waals surface area contributed by atoms with Crippen LogP contribution in [0.2, 0.25) is 0 Å². The lowest BCUT2D eigenvalue weighted by Crippen LogP contribution is -2.36. The third-order valence-electron chi connectivity index (χ3n) is 3.46. The molecule has 0 saturated heterocycles. The quantitative estimate of drug-likeness (QED) is 0.890. The van der Waals surface area contributed by atoms with Crippen LogP contribution in [-0.2, 0) is 4.79 Å². The summed E-state index contributed by atoms with van der Waals surface area (Å²) in [5.41, 5.74) is 0.972. The standard InChI is InChI=1S/C17H19N3O2/c1-20(12-16(21)19-13-5-6-13)14-7-9-15(10-8-14)22-17-4-2-3-11-18-17/h2-4,7-11,13H,5-6,12H2,1H3,(H,19,21). The third kappa shape index (κ3) is 3.97. The zero-order chi connectivity index (χ0) is 15.4. The zero-order valence-electron chi connectivity index (χ0n) is 12.5. The van der Waals surface area contributed by atoms with E-state index in [-0.39, 0.29) is 5.91 Å². The molecule has 2 aromatic rings. The van der Waals surface area contributed by atoms with E-state index in [4.69, 9.17) is 4.74 Å². The summed E-state index contributed by atoms with van der Waals surface area (Å²) in [7, 11) is 1.90. The van der Waals surface area contributed by atoms with E-state index in [1.54, 1.807) is 6.20 Å². The van der Waals surface area contributed by atoms with E-state index in [9.17, 15) is 4.79 Å². The molecule has 0 radical (unpaired) electrons. The van der Waals surface area contributed by atoms with Crippen LogP contribution < -0.4 is 15.0 Å². The first-order chi connectivity index (χ1) is 10.7. The summed E-state index contributed by atoms with van der Waals surface area (Å²) in [4.78, 5) is 17.8. The normalized spacial score (nSPS) is 13.5. The predicted octanol–water partition coefficient (Wildman–Crippen LogP) is 2.59. The van der Waals surface area contributed by atoms with Crippen LogP contribution in [0.1, 0.15) is 12.8 Å². The minimum atomic E-state index is 0.0683. The smallest absolute Gasteiger partial charge is 0.239 e. The van der Waals surface area contributed by atoms with E-state index in [0.29, 0.717) is 18.5 Å². The van der Waals surface area contributed by atoms with Crippen molar-refractivity contribution in [2.75, 3.05) is 18.5 Å². The molecule has 22 heavy (non-hydrogen) atoms. The van der Waals surface area contributed by atoms with Crippen LogP contribution in [0.4, 0.5) is 5.69 Å². The Balaban J connectivity index is 1.57. The van der Waals surface area contributed by atoms with Crippen molar-refractivity contribution in [1.82, 2.24) is 10.3 Å². The number of carbonyl (C=O) groups excluding carboxylic acids is 1. The number of carbonyl (C=O) groups is 1. The zero-order valence-corrected chi connectivity index (χ0v) is 12.5. The minimum absolute atomic E-state index is 0.0683. The molecular weight excluding hydrogens is 278 g/mol. The molecule has 1 aromatic carbocycles. The molecule has 0 bridgehead atoms. The highest BCUT2D eigenvalue weighted by Crippen LogP contribution is 2.23. The molecule has 114 valence electrons. The molecule has 1 amide bonds. The van der Waals surface area contributed by atoms with Gasteiger partial charge in [-0.3, -0.25) is 4.79 Å². The number of benzene rings is 1. The van der Waals surface area contributed by atoms with Crippen LogP contribution in [-0.4, -0.2) is 30.5 Å². The number of nitrogens with zero attached hydrogens (tertiary/aromatic N) is 2. The van der Waals surface area contributed by atoms with Gasteiger partial charge in [0.25, 0.3) is 0 Å². The molecule has 1 aromatic heterocycles. The Labute approximate surface area is 129 Å². The summed E-state index contributed by atoms with van der Waals surface area (Å²) >= 11 is 0. The van der Waals surface area contributed by atoms with E-state index >= 15 is 0 Å². The molecule has 1 saturated carbocycles. The highest BCUT2D eigenvalue weighted by atomic mass is 16.5. The molecule has 0 aliphatic heterocycles. The monoisotopic (exact) mass is 297 g/mol. The number of nitrogens with one attached hydrogen (secondary N) is 1. The van der Waals surface area contributed by atoms with Crippen LogP contribution >= 0.6 is 0 Å². The van der Waals surface area contributed by atoms with Gasteiger partial charge < -0.3 is 15.0 Å². The van der Waals surface area contributed by atoms with Crippen molar-refractivity contribution >= 4 is 11.6 Å². The van der Waals surface area contributed by atoms with Gasteiger partial charge in [-0.2, -0.15) is 0 Å². The van der Waals surface area contributed by atoms with Gasteiger partial charge in [0.05, 0.1) is 6.54 Å². The number of hydrogen-bond acceptors (Lipinski definition) is 4. The third-order valence-corrected chi connectivity index (χ3v) is 3.46. The fraction of sp³-hybridized carbons (Fsp3) is 0.294. The highest BCUT2D eigenvalue weighted by Gasteiger charge is 2.23. The molecule has 0 atom stereocenters. The molecule has 1 aliphatic carbocycles. The number of pyridine rings is 1. The molecular formula is C17H19N3O2.